The van der Waals surface area contributed by atoms with E-state index in [1.54, 1.807) is 0 Å². The van der Waals surface area contributed by atoms with Gasteiger partial charge in [0.1, 0.15) is 6.04 Å². The summed E-state index contributed by atoms with van der Waals surface area (Å²) >= 11 is 5.32. The van der Waals surface area contributed by atoms with Crippen LogP contribution >= 0.6 is 12.2 Å². The summed E-state index contributed by atoms with van der Waals surface area (Å²) in [6.07, 6.45) is 1.78. The number of carbonyl (C=O) groups excluding carboxylic acids is 1. The molecule has 1 aliphatic rings. The van der Waals surface area contributed by atoms with Crippen LogP contribution < -0.4 is 5.32 Å². The SMILES string of the molecule is Cc1ccc2[nH]c(=S)n(C3CCCNC3=O)c2n1. The summed E-state index contributed by atoms with van der Waals surface area (Å²) in [5, 5.41) is 2.88. The first-order valence-corrected chi connectivity index (χ1v) is 6.43. The number of hydrogen-bond donors (Lipinski definition) is 2. The van der Waals surface area contributed by atoms with Gasteiger partial charge in [-0.2, -0.15) is 0 Å². The Morgan fingerprint density at radius 2 is 2.33 bits per heavy atom. The molecular weight excluding hydrogens is 248 g/mol. The van der Waals surface area contributed by atoms with E-state index in [0.29, 0.717) is 4.77 Å². The van der Waals surface area contributed by atoms with Gasteiger partial charge in [0.05, 0.1) is 5.52 Å². The first-order valence-electron chi connectivity index (χ1n) is 6.02. The van der Waals surface area contributed by atoms with Crippen LogP contribution in [0.2, 0.25) is 0 Å². The number of nitrogens with one attached hydrogen (secondary N) is 2. The highest BCUT2D eigenvalue weighted by Crippen LogP contribution is 2.23. The predicted octanol–water partition coefficient (Wildman–Crippen LogP) is 1.85. The van der Waals surface area contributed by atoms with Crippen LogP contribution in [0.3, 0.4) is 0 Å². The highest BCUT2D eigenvalue weighted by Gasteiger charge is 2.26. The van der Waals surface area contributed by atoms with Crippen molar-refractivity contribution in [1.29, 1.82) is 0 Å². The van der Waals surface area contributed by atoms with E-state index in [1.807, 2.05) is 23.6 Å². The molecule has 94 valence electrons. The molecule has 1 fully saturated rings. The molecule has 0 radical (unpaired) electrons. The van der Waals surface area contributed by atoms with Gasteiger partial charge >= 0.3 is 0 Å². The Morgan fingerprint density at radius 1 is 1.50 bits per heavy atom. The van der Waals surface area contributed by atoms with Gasteiger partial charge < -0.3 is 10.3 Å². The van der Waals surface area contributed by atoms with Gasteiger partial charge in [0.25, 0.3) is 0 Å². The molecule has 3 rings (SSSR count). The average molecular weight is 262 g/mol. The minimum absolute atomic E-state index is 0.0292. The molecule has 2 aromatic rings. The Bertz CT molecular complexity index is 672. The van der Waals surface area contributed by atoms with E-state index in [0.717, 1.165) is 36.2 Å². The lowest BCUT2D eigenvalue weighted by Gasteiger charge is -2.23. The van der Waals surface area contributed by atoms with Crippen LogP contribution in [0.25, 0.3) is 11.2 Å². The van der Waals surface area contributed by atoms with Crippen molar-refractivity contribution in [2.75, 3.05) is 6.54 Å². The lowest BCUT2D eigenvalue weighted by Crippen LogP contribution is -2.38. The number of hydrogen-bond acceptors (Lipinski definition) is 3. The van der Waals surface area contributed by atoms with Crippen molar-refractivity contribution in [2.24, 2.45) is 0 Å². The molecule has 2 N–H and O–H groups in total. The number of amides is 1. The molecule has 1 aliphatic heterocycles. The quantitative estimate of drug-likeness (QED) is 0.771. The Kier molecular flexibility index (Phi) is 2.66. The second-order valence-corrected chi connectivity index (χ2v) is 4.96. The number of nitrogens with zero attached hydrogens (tertiary/aromatic N) is 2. The molecule has 1 atom stereocenters. The Labute approximate surface area is 109 Å². The minimum atomic E-state index is -0.241. The molecule has 1 unspecified atom stereocenters. The van der Waals surface area contributed by atoms with E-state index in [-0.39, 0.29) is 11.9 Å². The third-order valence-electron chi connectivity index (χ3n) is 3.27. The maximum Gasteiger partial charge on any atom is 0.243 e. The van der Waals surface area contributed by atoms with Crippen LogP contribution in [-0.4, -0.2) is 27.0 Å². The van der Waals surface area contributed by atoms with Crippen molar-refractivity contribution < 1.29 is 4.79 Å². The number of imidazole rings is 1. The maximum atomic E-state index is 12.0. The van der Waals surface area contributed by atoms with Gasteiger partial charge in [-0.1, -0.05) is 0 Å². The highest BCUT2D eigenvalue weighted by molar-refractivity contribution is 7.71. The Hall–Kier alpha value is -1.69. The summed E-state index contributed by atoms with van der Waals surface area (Å²) in [5.41, 5.74) is 2.56. The summed E-state index contributed by atoms with van der Waals surface area (Å²) in [6, 6.07) is 3.64. The fourth-order valence-corrected chi connectivity index (χ4v) is 2.71. The summed E-state index contributed by atoms with van der Waals surface area (Å²) < 4.78 is 2.40. The number of rotatable bonds is 1. The maximum absolute atomic E-state index is 12.0. The van der Waals surface area contributed by atoms with Gasteiger partial charge in [0.2, 0.25) is 5.91 Å². The molecule has 0 bridgehead atoms. The van der Waals surface area contributed by atoms with E-state index in [9.17, 15) is 4.79 Å². The third kappa shape index (κ3) is 1.73. The van der Waals surface area contributed by atoms with Gasteiger partial charge in [-0.05, 0) is 44.1 Å². The van der Waals surface area contributed by atoms with Crippen LogP contribution in [0, 0.1) is 11.7 Å². The number of aromatic amines is 1. The molecule has 2 aromatic heterocycles. The Morgan fingerprint density at radius 3 is 3.11 bits per heavy atom. The predicted molar refractivity (Wildman–Crippen MR) is 70.9 cm³/mol. The zero-order valence-corrected chi connectivity index (χ0v) is 10.9. The molecule has 1 saturated heterocycles. The van der Waals surface area contributed by atoms with Crippen molar-refractivity contribution in [2.45, 2.75) is 25.8 Å². The lowest BCUT2D eigenvalue weighted by atomic mass is 10.1. The van der Waals surface area contributed by atoms with Crippen LogP contribution in [0.4, 0.5) is 0 Å². The van der Waals surface area contributed by atoms with Crippen LogP contribution in [0.1, 0.15) is 24.6 Å². The molecule has 0 aliphatic carbocycles. The van der Waals surface area contributed by atoms with Gasteiger partial charge in [0, 0.05) is 12.2 Å². The third-order valence-corrected chi connectivity index (χ3v) is 3.57. The van der Waals surface area contributed by atoms with Gasteiger partial charge in [-0.15, -0.1) is 0 Å². The van der Waals surface area contributed by atoms with Crippen LogP contribution in [-0.2, 0) is 4.79 Å². The van der Waals surface area contributed by atoms with Crippen molar-refractivity contribution >= 4 is 29.3 Å². The van der Waals surface area contributed by atoms with Crippen LogP contribution in [0.15, 0.2) is 12.1 Å². The van der Waals surface area contributed by atoms with E-state index < -0.39 is 0 Å². The fraction of sp³-hybridized carbons (Fsp3) is 0.417. The topological polar surface area (TPSA) is 62.7 Å². The molecule has 0 spiro atoms. The molecule has 3 heterocycles. The average Bonchev–Trinajstić information content (AvgIpc) is 2.66. The standard InChI is InChI=1S/C12H14N4OS/c1-7-4-5-8-10(14-7)16(12(18)15-8)9-3-2-6-13-11(9)17/h4-5,9H,2-3,6H2,1H3,(H,13,17)(H,15,18). The number of piperidine rings is 1. The summed E-state index contributed by atoms with van der Waals surface area (Å²) in [4.78, 5) is 19.6. The van der Waals surface area contributed by atoms with Crippen LogP contribution in [0.5, 0.6) is 0 Å². The van der Waals surface area contributed by atoms with E-state index >= 15 is 0 Å². The number of fused-ring (bicyclic) bond motifs is 1. The number of H-pyrrole nitrogens is 1. The number of carbonyl (C=O) groups is 1. The van der Waals surface area contributed by atoms with Gasteiger partial charge in [0.15, 0.2) is 10.4 Å². The van der Waals surface area contributed by atoms with E-state index in [2.05, 4.69) is 15.3 Å². The monoisotopic (exact) mass is 262 g/mol. The number of aromatic nitrogens is 3. The number of aryl methyl sites for hydroxylation is 1. The Balaban J connectivity index is 2.21. The second kappa shape index (κ2) is 4.20. The van der Waals surface area contributed by atoms with E-state index in [1.165, 1.54) is 0 Å². The minimum Gasteiger partial charge on any atom is -0.354 e. The molecule has 0 aromatic carbocycles. The molecular formula is C12H14N4OS. The van der Waals surface area contributed by atoms with Crippen molar-refractivity contribution in [3.05, 3.63) is 22.6 Å². The number of pyridine rings is 1. The van der Waals surface area contributed by atoms with Gasteiger partial charge in [-0.25, -0.2) is 4.98 Å². The fourth-order valence-electron chi connectivity index (χ4n) is 2.39. The first kappa shape index (κ1) is 11.4. The highest BCUT2D eigenvalue weighted by atomic mass is 32.1. The molecule has 5 nitrogen and oxygen atoms in total. The summed E-state index contributed by atoms with van der Waals surface area (Å²) in [6.45, 7) is 2.68. The summed E-state index contributed by atoms with van der Waals surface area (Å²) in [5.74, 6) is 0.0292. The smallest absolute Gasteiger partial charge is 0.243 e. The van der Waals surface area contributed by atoms with Crippen molar-refractivity contribution in [3.8, 4) is 0 Å². The molecule has 18 heavy (non-hydrogen) atoms. The lowest BCUT2D eigenvalue weighted by molar-refractivity contribution is -0.125. The molecule has 6 heteroatoms. The van der Waals surface area contributed by atoms with Crippen molar-refractivity contribution in [3.63, 3.8) is 0 Å². The largest absolute Gasteiger partial charge is 0.354 e. The molecule has 1 amide bonds. The van der Waals surface area contributed by atoms with Gasteiger partial charge in [-0.3, -0.25) is 9.36 Å². The zero-order valence-electron chi connectivity index (χ0n) is 10.1. The zero-order chi connectivity index (χ0) is 12.7. The summed E-state index contributed by atoms with van der Waals surface area (Å²) in [7, 11) is 0. The molecule has 0 saturated carbocycles. The first-order chi connectivity index (χ1) is 8.66. The second-order valence-electron chi connectivity index (χ2n) is 4.57. The van der Waals surface area contributed by atoms with E-state index in [4.69, 9.17) is 12.2 Å². The van der Waals surface area contributed by atoms with Crippen molar-refractivity contribution in [1.82, 2.24) is 19.9 Å². The normalized spacial score (nSPS) is 20.1.